The number of rotatable bonds is 12. The zero-order valence-electron chi connectivity index (χ0n) is 38.0. The minimum absolute atomic E-state index is 0.00390. The number of hydroxylamine groups is 4. The number of esters is 1. The summed E-state index contributed by atoms with van der Waals surface area (Å²) in [6.07, 6.45) is -0.541. The molecule has 0 aromatic rings. The second-order valence-corrected chi connectivity index (χ2v) is 17.7. The summed E-state index contributed by atoms with van der Waals surface area (Å²) in [6.45, 7) is 13.3. The standard InChI is InChI=1S/C41H70N8O14/c1-10-11-13-28-36(54)49(63-31(51)16-18-42)24(6)34(52)43-21-30(50)47-29(14-12-19-44-47)37(55)48(60)25(7)38(56)61-33(23(4)5)32(35(53)45-28)46-39(57)40(9,58)41(59)17-15-27(20-22(2)3)26(8)62-41/h22-29,32-33,44,58-60H,10-21,42H2,1-9H3,(H,43,52)(H,45,53)(H,46,57). The van der Waals surface area contributed by atoms with E-state index < -0.39 is 114 Å². The molecule has 3 aliphatic heterocycles. The summed E-state index contributed by atoms with van der Waals surface area (Å²) in [5.41, 5.74) is 5.58. The van der Waals surface area contributed by atoms with Crippen molar-refractivity contribution in [1.29, 1.82) is 0 Å². The number of amides is 6. The minimum Gasteiger partial charge on any atom is -0.458 e. The van der Waals surface area contributed by atoms with Crippen LogP contribution < -0.4 is 27.1 Å². The predicted octanol–water partition coefficient (Wildman–Crippen LogP) is -0.729. The first kappa shape index (κ1) is 52.9. The Kier molecular flexibility index (Phi) is 19.2. The second-order valence-electron chi connectivity index (χ2n) is 17.7. The number of hydrogen-bond acceptors (Lipinski definition) is 16. The number of carbonyl (C=O) groups is 8. The van der Waals surface area contributed by atoms with Gasteiger partial charge in [0.1, 0.15) is 30.3 Å². The molecule has 3 heterocycles. The van der Waals surface area contributed by atoms with Crippen LogP contribution in [0.3, 0.4) is 0 Å². The van der Waals surface area contributed by atoms with Crippen molar-refractivity contribution >= 4 is 47.4 Å². The molecule has 63 heavy (non-hydrogen) atoms. The Bertz CT molecular complexity index is 1660. The van der Waals surface area contributed by atoms with Gasteiger partial charge in [0.2, 0.25) is 17.6 Å². The molecule has 3 rings (SSSR count). The lowest BCUT2D eigenvalue weighted by Crippen LogP contribution is -2.68. The van der Waals surface area contributed by atoms with Crippen molar-refractivity contribution in [3.8, 4) is 0 Å². The lowest BCUT2D eigenvalue weighted by atomic mass is 9.79. The first-order valence-corrected chi connectivity index (χ1v) is 22.0. The van der Waals surface area contributed by atoms with Crippen LogP contribution in [-0.4, -0.2) is 151 Å². The number of fused-ring (bicyclic) bond motifs is 1. The highest BCUT2D eigenvalue weighted by Gasteiger charge is 2.57. The van der Waals surface area contributed by atoms with Gasteiger partial charge in [-0.25, -0.2) is 20.1 Å². The molecule has 0 spiro atoms. The van der Waals surface area contributed by atoms with Crippen LogP contribution in [0.25, 0.3) is 0 Å². The van der Waals surface area contributed by atoms with E-state index in [4.69, 9.17) is 20.0 Å². The highest BCUT2D eigenvalue weighted by molar-refractivity contribution is 5.97. The molecule has 0 aromatic carbocycles. The summed E-state index contributed by atoms with van der Waals surface area (Å²) in [6, 6.07) is -8.27. The summed E-state index contributed by atoms with van der Waals surface area (Å²) >= 11 is 0. The molecule has 9 N–H and O–H groups in total. The Balaban J connectivity index is 2.18. The quantitative estimate of drug-likeness (QED) is 0.0885. The zero-order chi connectivity index (χ0) is 47.6. The van der Waals surface area contributed by atoms with Crippen molar-refractivity contribution in [2.45, 2.75) is 174 Å². The number of unbranched alkanes of at least 4 members (excludes halogenated alkanes) is 1. The van der Waals surface area contributed by atoms with Crippen molar-refractivity contribution < 1.29 is 68.1 Å². The Hall–Kier alpha value is -4.48. The molecule has 0 bridgehead atoms. The van der Waals surface area contributed by atoms with Gasteiger partial charge in [0.25, 0.3) is 23.6 Å². The van der Waals surface area contributed by atoms with Gasteiger partial charge in [-0.05, 0) is 77.6 Å². The lowest BCUT2D eigenvalue weighted by molar-refractivity contribution is -0.325. The second kappa shape index (κ2) is 22.9. The van der Waals surface area contributed by atoms with Crippen LogP contribution in [0.2, 0.25) is 0 Å². The number of hydrogen-bond donors (Lipinski definition) is 8. The maximum absolute atomic E-state index is 14.6. The molecular formula is C41H70N8O14. The molecular weight excluding hydrogens is 828 g/mol. The molecule has 22 nitrogen and oxygen atoms in total. The van der Waals surface area contributed by atoms with Gasteiger partial charge in [0.05, 0.1) is 19.1 Å². The van der Waals surface area contributed by atoms with Crippen LogP contribution in [0.1, 0.15) is 120 Å². The molecule has 3 saturated heterocycles. The smallest absolute Gasteiger partial charge is 0.333 e. The van der Waals surface area contributed by atoms with Crippen LogP contribution in [0.15, 0.2) is 0 Å². The molecule has 358 valence electrons. The van der Waals surface area contributed by atoms with E-state index in [9.17, 15) is 53.8 Å². The zero-order valence-corrected chi connectivity index (χ0v) is 38.0. The van der Waals surface area contributed by atoms with Gasteiger partial charge in [0, 0.05) is 19.5 Å². The third kappa shape index (κ3) is 13.1. The molecule has 6 amide bonds. The predicted molar refractivity (Wildman–Crippen MR) is 221 cm³/mol. The first-order valence-electron chi connectivity index (χ1n) is 22.0. The van der Waals surface area contributed by atoms with Crippen molar-refractivity contribution in [1.82, 2.24) is 36.5 Å². The van der Waals surface area contributed by atoms with E-state index in [0.717, 1.165) is 25.3 Å². The largest absolute Gasteiger partial charge is 0.458 e. The highest BCUT2D eigenvalue weighted by atomic mass is 16.7. The normalized spacial score (nSPS) is 30.9. The number of ether oxygens (including phenoxy) is 2. The van der Waals surface area contributed by atoms with Gasteiger partial charge in [-0.2, -0.15) is 5.06 Å². The van der Waals surface area contributed by atoms with E-state index in [2.05, 4.69) is 21.4 Å². The third-order valence-corrected chi connectivity index (χ3v) is 11.8. The van der Waals surface area contributed by atoms with Gasteiger partial charge in [0.15, 0.2) is 11.6 Å². The molecule has 0 aliphatic carbocycles. The summed E-state index contributed by atoms with van der Waals surface area (Å²) in [5, 5.41) is 43.4. The Morgan fingerprint density at radius 1 is 1.03 bits per heavy atom. The molecule has 10 atom stereocenters. The van der Waals surface area contributed by atoms with Crippen LogP contribution in [0, 0.1) is 17.8 Å². The maximum Gasteiger partial charge on any atom is 0.333 e. The molecule has 0 aromatic heterocycles. The highest BCUT2D eigenvalue weighted by Crippen LogP contribution is 2.40. The molecule has 3 fully saturated rings. The van der Waals surface area contributed by atoms with Gasteiger partial charge < -0.3 is 46.2 Å². The number of aliphatic hydroxyl groups is 2. The number of nitrogens with zero attached hydrogens (tertiary/aromatic N) is 3. The Morgan fingerprint density at radius 2 is 1.70 bits per heavy atom. The van der Waals surface area contributed by atoms with E-state index in [0.29, 0.717) is 36.7 Å². The first-order chi connectivity index (χ1) is 29.4. The van der Waals surface area contributed by atoms with Gasteiger partial charge in [-0.1, -0.05) is 47.5 Å². The minimum atomic E-state index is -2.73. The number of hydrazine groups is 1. The summed E-state index contributed by atoms with van der Waals surface area (Å²) in [4.78, 5) is 116. The van der Waals surface area contributed by atoms with Crippen molar-refractivity contribution in [3.63, 3.8) is 0 Å². The fourth-order valence-corrected chi connectivity index (χ4v) is 7.77. The monoisotopic (exact) mass is 899 g/mol. The summed E-state index contributed by atoms with van der Waals surface area (Å²) in [7, 11) is 0. The van der Waals surface area contributed by atoms with E-state index in [1.807, 2.05) is 13.8 Å². The summed E-state index contributed by atoms with van der Waals surface area (Å²) in [5.74, 6) is -11.7. The maximum atomic E-state index is 14.6. The van der Waals surface area contributed by atoms with Crippen LogP contribution >= 0.6 is 0 Å². The topological polar surface area (TPSA) is 309 Å². The van der Waals surface area contributed by atoms with Crippen molar-refractivity contribution in [3.05, 3.63) is 0 Å². The van der Waals surface area contributed by atoms with Crippen LogP contribution in [-0.2, 0) is 52.7 Å². The number of cyclic esters (lactones) is 1. The van der Waals surface area contributed by atoms with Crippen molar-refractivity contribution in [2.24, 2.45) is 23.5 Å². The number of nitrogens with two attached hydrogens (primary N) is 1. The summed E-state index contributed by atoms with van der Waals surface area (Å²) < 4.78 is 11.7. The fourth-order valence-electron chi connectivity index (χ4n) is 7.77. The molecule has 0 saturated carbocycles. The Labute approximate surface area is 368 Å². The Morgan fingerprint density at radius 3 is 2.29 bits per heavy atom. The van der Waals surface area contributed by atoms with Crippen molar-refractivity contribution in [2.75, 3.05) is 19.6 Å². The third-order valence-electron chi connectivity index (χ3n) is 11.8. The molecule has 3 aliphatic rings. The molecule has 0 radical (unpaired) electrons. The van der Waals surface area contributed by atoms with Gasteiger partial charge in [-0.3, -0.25) is 39.0 Å². The average molecular weight is 899 g/mol. The number of carbonyl (C=O) groups excluding carboxylic acids is 8. The van der Waals surface area contributed by atoms with E-state index in [-0.39, 0.29) is 49.8 Å². The fraction of sp³-hybridized carbons (Fsp3) is 0.805. The van der Waals surface area contributed by atoms with Crippen LogP contribution in [0.5, 0.6) is 0 Å². The SMILES string of the molecule is CCCCC1NC(=O)C(NC(=O)C(C)(O)C2(O)CCC(CC(C)C)C(C)O2)C(C(C)C)OC(=O)C(C)N(O)C(=O)C2CCCNN2C(=O)CNC(=O)C(C)N(OC(=O)CCN)C1=O. The van der Waals surface area contributed by atoms with Crippen LogP contribution in [0.4, 0.5) is 0 Å². The number of nitrogens with one attached hydrogen (secondary N) is 4. The van der Waals surface area contributed by atoms with E-state index >= 15 is 0 Å². The lowest BCUT2D eigenvalue weighted by Gasteiger charge is -2.47. The molecule has 10 unspecified atom stereocenters. The van der Waals surface area contributed by atoms with Gasteiger partial charge in [-0.15, -0.1) is 0 Å². The average Bonchev–Trinajstić information content (AvgIpc) is 3.23. The van der Waals surface area contributed by atoms with Gasteiger partial charge >= 0.3 is 11.9 Å². The van der Waals surface area contributed by atoms with E-state index in [1.54, 1.807) is 13.8 Å². The van der Waals surface area contributed by atoms with E-state index in [1.165, 1.54) is 20.8 Å². The molecule has 22 heteroatoms.